The lowest BCUT2D eigenvalue weighted by Crippen LogP contribution is -2.34. The van der Waals surface area contributed by atoms with Gasteiger partial charge in [0.05, 0.1) is 0 Å². The van der Waals surface area contributed by atoms with Crippen molar-refractivity contribution in [2.24, 2.45) is 11.7 Å². The van der Waals surface area contributed by atoms with E-state index in [0.29, 0.717) is 18.0 Å². The molecular weight excluding hydrogens is 295 g/mol. The summed E-state index contributed by atoms with van der Waals surface area (Å²) in [6.07, 6.45) is 7.64. The topological polar surface area (TPSA) is 63.4 Å². The lowest BCUT2D eigenvalue weighted by atomic mass is 9.86. The van der Waals surface area contributed by atoms with E-state index in [0.717, 1.165) is 6.42 Å². The van der Waals surface area contributed by atoms with Gasteiger partial charge >= 0.3 is 0 Å². The van der Waals surface area contributed by atoms with Gasteiger partial charge in [0.15, 0.2) is 0 Å². The van der Waals surface area contributed by atoms with Crippen molar-refractivity contribution >= 4 is 17.5 Å². The van der Waals surface area contributed by atoms with Crippen LogP contribution in [-0.4, -0.2) is 18.4 Å². The number of halogens is 1. The number of hydrogen-bond donors (Lipinski definition) is 1. The van der Waals surface area contributed by atoms with Gasteiger partial charge in [-0.25, -0.2) is 4.39 Å². The number of carbonyl (C=O) groups excluding carboxylic acids is 2. The third-order valence-corrected chi connectivity index (χ3v) is 4.51. The van der Waals surface area contributed by atoms with Crippen molar-refractivity contribution in [3.63, 3.8) is 0 Å². The largest absolute Gasteiger partial charge is 0.370 e. The van der Waals surface area contributed by atoms with Crippen molar-refractivity contribution in [3.8, 4) is 0 Å². The molecule has 1 saturated carbocycles. The van der Waals surface area contributed by atoms with E-state index in [1.54, 1.807) is 17.0 Å². The smallest absolute Gasteiger partial charge is 0.226 e. The SMILES string of the molecule is NC(=O)CCN(C(=O)CCC1CCCCC1)c1ccc(F)cc1. The monoisotopic (exact) mass is 320 g/mol. The molecule has 0 heterocycles. The van der Waals surface area contributed by atoms with Crippen LogP contribution in [0, 0.1) is 11.7 Å². The lowest BCUT2D eigenvalue weighted by Gasteiger charge is -2.25. The number of anilines is 1. The summed E-state index contributed by atoms with van der Waals surface area (Å²) < 4.78 is 13.1. The van der Waals surface area contributed by atoms with Gasteiger partial charge in [0, 0.05) is 25.1 Å². The van der Waals surface area contributed by atoms with Crippen LogP contribution in [0.2, 0.25) is 0 Å². The molecule has 0 saturated heterocycles. The molecule has 0 radical (unpaired) electrons. The Morgan fingerprint density at radius 1 is 1.09 bits per heavy atom. The molecule has 0 aromatic heterocycles. The molecule has 2 amide bonds. The Bertz CT molecular complexity index is 524. The number of carbonyl (C=O) groups is 2. The Morgan fingerprint density at radius 2 is 1.74 bits per heavy atom. The van der Waals surface area contributed by atoms with Gasteiger partial charge in [-0.3, -0.25) is 9.59 Å². The van der Waals surface area contributed by atoms with Gasteiger partial charge in [-0.05, 0) is 36.6 Å². The van der Waals surface area contributed by atoms with Crippen LogP contribution in [0.15, 0.2) is 24.3 Å². The van der Waals surface area contributed by atoms with Crippen LogP contribution in [0.5, 0.6) is 0 Å². The number of amides is 2. The quantitative estimate of drug-likeness (QED) is 0.837. The first-order valence-corrected chi connectivity index (χ1v) is 8.40. The van der Waals surface area contributed by atoms with Crippen LogP contribution in [0.1, 0.15) is 51.4 Å². The van der Waals surface area contributed by atoms with Crippen molar-refractivity contribution in [1.82, 2.24) is 0 Å². The number of benzene rings is 1. The third kappa shape index (κ3) is 5.66. The molecule has 1 aromatic carbocycles. The van der Waals surface area contributed by atoms with Crippen LogP contribution in [0.3, 0.4) is 0 Å². The Balaban J connectivity index is 1.98. The molecule has 1 aliphatic carbocycles. The predicted octanol–water partition coefficient (Wildman–Crippen LogP) is 3.39. The highest BCUT2D eigenvalue weighted by molar-refractivity contribution is 5.94. The Kier molecular flexibility index (Phi) is 6.56. The predicted molar refractivity (Wildman–Crippen MR) is 88.4 cm³/mol. The minimum atomic E-state index is -0.447. The van der Waals surface area contributed by atoms with Gasteiger partial charge in [0.25, 0.3) is 0 Å². The number of nitrogens with zero attached hydrogens (tertiary/aromatic N) is 1. The molecule has 0 aliphatic heterocycles. The first kappa shape index (κ1) is 17.4. The zero-order valence-electron chi connectivity index (χ0n) is 13.5. The number of primary amides is 1. The second-order valence-corrected chi connectivity index (χ2v) is 6.28. The molecule has 4 nitrogen and oxygen atoms in total. The van der Waals surface area contributed by atoms with Crippen LogP contribution in [0.4, 0.5) is 10.1 Å². The van der Waals surface area contributed by atoms with Crippen LogP contribution in [0.25, 0.3) is 0 Å². The summed E-state index contributed by atoms with van der Waals surface area (Å²) in [4.78, 5) is 25.2. The van der Waals surface area contributed by atoms with Crippen molar-refractivity contribution in [2.45, 2.75) is 51.4 Å². The normalized spacial score (nSPS) is 15.3. The van der Waals surface area contributed by atoms with Crippen molar-refractivity contribution in [2.75, 3.05) is 11.4 Å². The zero-order valence-corrected chi connectivity index (χ0v) is 13.5. The molecule has 0 spiro atoms. The van der Waals surface area contributed by atoms with E-state index >= 15 is 0 Å². The van der Waals surface area contributed by atoms with Crippen molar-refractivity contribution < 1.29 is 14.0 Å². The maximum Gasteiger partial charge on any atom is 0.226 e. The van der Waals surface area contributed by atoms with Crippen molar-refractivity contribution in [3.05, 3.63) is 30.1 Å². The molecule has 1 fully saturated rings. The molecule has 1 aliphatic rings. The summed E-state index contributed by atoms with van der Waals surface area (Å²) in [5.41, 5.74) is 5.81. The number of rotatable bonds is 7. The van der Waals surface area contributed by atoms with Gasteiger partial charge in [-0.2, -0.15) is 0 Å². The first-order valence-electron chi connectivity index (χ1n) is 8.40. The fourth-order valence-electron chi connectivity index (χ4n) is 3.18. The highest BCUT2D eigenvalue weighted by atomic mass is 19.1. The van der Waals surface area contributed by atoms with Gasteiger partial charge in [0.1, 0.15) is 5.82 Å². The average Bonchev–Trinajstić information content (AvgIpc) is 2.55. The molecule has 23 heavy (non-hydrogen) atoms. The second kappa shape index (κ2) is 8.65. The fraction of sp³-hybridized carbons (Fsp3) is 0.556. The van der Waals surface area contributed by atoms with E-state index in [9.17, 15) is 14.0 Å². The molecule has 1 aromatic rings. The van der Waals surface area contributed by atoms with E-state index in [1.165, 1.54) is 44.2 Å². The standard InChI is InChI=1S/C18H25FN2O2/c19-15-7-9-16(10-8-15)21(13-12-17(20)22)18(23)11-6-14-4-2-1-3-5-14/h7-10,14H,1-6,11-13H2,(H2,20,22). The van der Waals surface area contributed by atoms with Crippen LogP contribution in [-0.2, 0) is 9.59 Å². The van der Waals surface area contributed by atoms with E-state index in [4.69, 9.17) is 5.73 Å². The van der Waals surface area contributed by atoms with Gasteiger partial charge in [-0.15, -0.1) is 0 Å². The van der Waals surface area contributed by atoms with Crippen molar-refractivity contribution in [1.29, 1.82) is 0 Å². The molecule has 0 atom stereocenters. The van der Waals surface area contributed by atoms with E-state index in [1.807, 2.05) is 0 Å². The highest BCUT2D eigenvalue weighted by Gasteiger charge is 2.20. The summed E-state index contributed by atoms with van der Waals surface area (Å²) in [5.74, 6) is -0.196. The molecule has 126 valence electrons. The number of nitrogens with two attached hydrogens (primary N) is 1. The van der Waals surface area contributed by atoms with Gasteiger partial charge in [0.2, 0.25) is 11.8 Å². The molecular formula is C18H25FN2O2. The minimum absolute atomic E-state index is 0.0246. The van der Waals surface area contributed by atoms with Gasteiger partial charge in [-0.1, -0.05) is 32.1 Å². The molecule has 2 rings (SSSR count). The molecule has 2 N–H and O–H groups in total. The Labute approximate surface area is 136 Å². The van der Waals surface area contributed by atoms with E-state index in [2.05, 4.69) is 0 Å². The molecule has 0 unspecified atom stereocenters. The Morgan fingerprint density at radius 3 is 2.35 bits per heavy atom. The van der Waals surface area contributed by atoms with E-state index < -0.39 is 5.91 Å². The maximum atomic E-state index is 13.1. The summed E-state index contributed by atoms with van der Waals surface area (Å²) in [6.45, 7) is 0.241. The number of hydrogen-bond acceptors (Lipinski definition) is 2. The summed E-state index contributed by atoms with van der Waals surface area (Å²) in [6, 6.07) is 5.77. The second-order valence-electron chi connectivity index (χ2n) is 6.28. The lowest BCUT2D eigenvalue weighted by molar-refractivity contribution is -0.119. The summed E-state index contributed by atoms with van der Waals surface area (Å²) in [7, 11) is 0. The highest BCUT2D eigenvalue weighted by Crippen LogP contribution is 2.28. The Hall–Kier alpha value is -1.91. The molecule has 5 heteroatoms. The molecule has 0 bridgehead atoms. The van der Waals surface area contributed by atoms with Crippen LogP contribution >= 0.6 is 0 Å². The minimum Gasteiger partial charge on any atom is -0.370 e. The fourth-order valence-corrected chi connectivity index (χ4v) is 3.18. The maximum absolute atomic E-state index is 13.1. The summed E-state index contributed by atoms with van der Waals surface area (Å²) >= 11 is 0. The third-order valence-electron chi connectivity index (χ3n) is 4.51. The summed E-state index contributed by atoms with van der Waals surface area (Å²) in [5, 5.41) is 0. The first-order chi connectivity index (χ1) is 11.1. The average molecular weight is 320 g/mol. The zero-order chi connectivity index (χ0) is 16.7. The van der Waals surface area contributed by atoms with Crippen LogP contribution < -0.4 is 10.6 Å². The van der Waals surface area contributed by atoms with Gasteiger partial charge < -0.3 is 10.6 Å². The van der Waals surface area contributed by atoms with E-state index in [-0.39, 0.29) is 24.7 Å².